The van der Waals surface area contributed by atoms with E-state index in [1.54, 1.807) is 18.4 Å². The predicted molar refractivity (Wildman–Crippen MR) is 74.0 cm³/mol. The van der Waals surface area contributed by atoms with Gasteiger partial charge in [-0.15, -0.1) is 11.3 Å². The van der Waals surface area contributed by atoms with Crippen LogP contribution in [0.5, 0.6) is 0 Å². The minimum absolute atomic E-state index is 0.110. The Balaban J connectivity index is 1.81. The number of nitrogens with zero attached hydrogens (tertiary/aromatic N) is 2. The number of hydrogen-bond donors (Lipinski definition) is 2. The quantitative estimate of drug-likeness (QED) is 0.783. The van der Waals surface area contributed by atoms with Crippen LogP contribution < -0.4 is 5.32 Å². The van der Waals surface area contributed by atoms with E-state index in [-0.39, 0.29) is 18.1 Å². The van der Waals surface area contributed by atoms with Crippen molar-refractivity contribution in [3.05, 3.63) is 22.9 Å². The van der Waals surface area contributed by atoms with Crippen LogP contribution in [0.2, 0.25) is 0 Å². The van der Waals surface area contributed by atoms with Gasteiger partial charge in [-0.25, -0.2) is 4.98 Å². The lowest BCUT2D eigenvalue weighted by atomic mass is 10.3. The topological polar surface area (TPSA) is 105 Å². The molecular weight excluding hydrogens is 302 g/mol. The normalized spacial score (nSPS) is 10.4. The number of aryl methyl sites for hydroxylation is 1. The van der Waals surface area contributed by atoms with E-state index in [2.05, 4.69) is 15.5 Å². The number of aliphatic carboxylic acids is 1. The zero-order valence-electron chi connectivity index (χ0n) is 10.5. The maximum atomic E-state index is 11.6. The Morgan fingerprint density at radius 1 is 1.55 bits per heavy atom. The third-order valence-corrected chi connectivity index (χ3v) is 4.16. The fraction of sp³-hybridized carbons (Fsp3) is 0.273. The minimum atomic E-state index is -0.925. The van der Waals surface area contributed by atoms with Crippen LogP contribution in [0.4, 0.5) is 5.82 Å². The summed E-state index contributed by atoms with van der Waals surface area (Å²) in [4.78, 5) is 26.3. The number of hydrogen-bond acceptors (Lipinski definition) is 7. The Hall–Kier alpha value is -1.87. The van der Waals surface area contributed by atoms with Crippen molar-refractivity contribution in [1.29, 1.82) is 0 Å². The highest BCUT2D eigenvalue weighted by Crippen LogP contribution is 2.23. The number of amides is 1. The van der Waals surface area contributed by atoms with Gasteiger partial charge in [0.05, 0.1) is 17.9 Å². The molecule has 2 heterocycles. The van der Waals surface area contributed by atoms with Gasteiger partial charge in [0, 0.05) is 11.4 Å². The predicted octanol–water partition coefficient (Wildman–Crippen LogP) is 1.80. The molecule has 1 amide bonds. The van der Waals surface area contributed by atoms with Gasteiger partial charge in [0.25, 0.3) is 0 Å². The number of carboxylic acid groups (broad SMARTS) is 1. The largest absolute Gasteiger partial charge is 0.481 e. The van der Waals surface area contributed by atoms with Crippen LogP contribution in [0.3, 0.4) is 0 Å². The summed E-state index contributed by atoms with van der Waals surface area (Å²) in [6, 6.07) is 1.62. The number of carbonyl (C=O) groups excluding carboxylic acids is 1. The molecule has 2 N–H and O–H groups in total. The number of carbonyl (C=O) groups is 2. The third kappa shape index (κ3) is 4.35. The lowest BCUT2D eigenvalue weighted by Gasteiger charge is -1.98. The molecule has 0 saturated carbocycles. The molecule has 0 bridgehead atoms. The Kier molecular flexibility index (Phi) is 4.74. The van der Waals surface area contributed by atoms with Crippen LogP contribution >= 0.6 is 23.1 Å². The molecule has 2 rings (SSSR count). The first-order valence-corrected chi connectivity index (χ1v) is 7.41. The lowest BCUT2D eigenvalue weighted by molar-refractivity contribution is -0.136. The first kappa shape index (κ1) is 14.5. The van der Waals surface area contributed by atoms with E-state index in [1.165, 1.54) is 23.1 Å². The van der Waals surface area contributed by atoms with Gasteiger partial charge in [-0.05, 0) is 6.92 Å². The van der Waals surface area contributed by atoms with Crippen LogP contribution in [0.25, 0.3) is 0 Å². The molecule has 0 aliphatic carbocycles. The molecule has 0 atom stereocenters. The molecule has 0 radical (unpaired) electrons. The molecule has 0 unspecified atom stereocenters. The number of aromatic nitrogens is 2. The third-order valence-electron chi connectivity index (χ3n) is 2.09. The summed E-state index contributed by atoms with van der Waals surface area (Å²) in [5, 5.41) is 16.6. The Morgan fingerprint density at radius 3 is 3.00 bits per heavy atom. The van der Waals surface area contributed by atoms with Gasteiger partial charge >= 0.3 is 5.97 Å². The van der Waals surface area contributed by atoms with Crippen LogP contribution in [0, 0.1) is 6.92 Å². The van der Waals surface area contributed by atoms with Crippen molar-refractivity contribution < 1.29 is 19.2 Å². The molecule has 2 aromatic rings. The lowest BCUT2D eigenvalue weighted by Crippen LogP contribution is -2.14. The number of carboxylic acids is 1. The number of nitrogens with one attached hydrogen (secondary N) is 1. The maximum Gasteiger partial charge on any atom is 0.309 e. The molecule has 0 spiro atoms. The van der Waals surface area contributed by atoms with Crippen molar-refractivity contribution in [1.82, 2.24) is 10.1 Å². The molecular formula is C11H11N3O4S2. The van der Waals surface area contributed by atoms with Crippen molar-refractivity contribution >= 4 is 40.8 Å². The van der Waals surface area contributed by atoms with Crippen LogP contribution in [-0.4, -0.2) is 32.9 Å². The van der Waals surface area contributed by atoms with E-state index in [0.717, 1.165) is 0 Å². The number of rotatable bonds is 6. The van der Waals surface area contributed by atoms with E-state index in [1.807, 2.05) is 0 Å². The van der Waals surface area contributed by atoms with Crippen LogP contribution in [0.1, 0.15) is 11.5 Å². The summed E-state index contributed by atoms with van der Waals surface area (Å²) in [6.45, 7) is 1.73. The van der Waals surface area contributed by atoms with Crippen molar-refractivity contribution in [3.63, 3.8) is 0 Å². The highest BCUT2D eigenvalue weighted by molar-refractivity contribution is 8.01. The molecule has 7 nitrogen and oxygen atoms in total. The molecule has 0 aliphatic rings. The van der Waals surface area contributed by atoms with Crippen LogP contribution in [-0.2, 0) is 16.0 Å². The smallest absolute Gasteiger partial charge is 0.309 e. The summed E-state index contributed by atoms with van der Waals surface area (Å²) >= 11 is 2.56. The van der Waals surface area contributed by atoms with Crippen molar-refractivity contribution in [2.75, 3.05) is 11.1 Å². The van der Waals surface area contributed by atoms with Gasteiger partial charge in [-0.2, -0.15) is 0 Å². The van der Waals surface area contributed by atoms with Crippen molar-refractivity contribution in [2.24, 2.45) is 0 Å². The molecule has 0 aromatic carbocycles. The first-order chi connectivity index (χ1) is 9.52. The van der Waals surface area contributed by atoms with Gasteiger partial charge in [-0.1, -0.05) is 16.9 Å². The second-order valence-corrected chi connectivity index (χ2v) is 5.92. The van der Waals surface area contributed by atoms with E-state index in [9.17, 15) is 9.59 Å². The molecule has 0 saturated heterocycles. The zero-order valence-corrected chi connectivity index (χ0v) is 12.1. The van der Waals surface area contributed by atoms with Crippen molar-refractivity contribution in [3.8, 4) is 0 Å². The fourth-order valence-corrected chi connectivity index (χ4v) is 2.97. The number of thioether (sulfide) groups is 1. The second kappa shape index (κ2) is 6.53. The molecule has 2 aromatic heterocycles. The zero-order chi connectivity index (χ0) is 14.5. The van der Waals surface area contributed by atoms with Crippen LogP contribution in [0.15, 0.2) is 20.3 Å². The molecule has 0 aliphatic heterocycles. The summed E-state index contributed by atoms with van der Waals surface area (Å²) in [5.74, 6) is 0.0145. The average molecular weight is 313 g/mol. The van der Waals surface area contributed by atoms with Gasteiger partial charge < -0.3 is 14.9 Å². The molecule has 20 heavy (non-hydrogen) atoms. The van der Waals surface area contributed by atoms with Gasteiger partial charge in [-0.3, -0.25) is 9.59 Å². The standard InChI is InChI=1S/C11H11N3O4S2/c1-6-2-8(14-18-6)13-9(15)5-20-11-12-7(4-19-11)3-10(16)17/h2,4H,3,5H2,1H3,(H,16,17)(H,13,14,15). The van der Waals surface area contributed by atoms with Gasteiger partial charge in [0.15, 0.2) is 10.2 Å². The average Bonchev–Trinajstić information content (AvgIpc) is 2.96. The Bertz CT molecular complexity index is 623. The van der Waals surface area contributed by atoms with E-state index in [4.69, 9.17) is 9.63 Å². The molecule has 0 fully saturated rings. The maximum absolute atomic E-state index is 11.6. The van der Waals surface area contributed by atoms with Gasteiger partial charge in [0.1, 0.15) is 5.76 Å². The highest BCUT2D eigenvalue weighted by atomic mass is 32.2. The van der Waals surface area contributed by atoms with E-state index < -0.39 is 5.97 Å². The summed E-state index contributed by atoms with van der Waals surface area (Å²) in [5.41, 5.74) is 0.498. The highest BCUT2D eigenvalue weighted by Gasteiger charge is 2.10. The number of anilines is 1. The van der Waals surface area contributed by atoms with E-state index in [0.29, 0.717) is 21.6 Å². The Labute approximate surface area is 122 Å². The number of thiazole rings is 1. The monoisotopic (exact) mass is 313 g/mol. The first-order valence-electron chi connectivity index (χ1n) is 5.55. The minimum Gasteiger partial charge on any atom is -0.481 e. The van der Waals surface area contributed by atoms with Crippen molar-refractivity contribution in [2.45, 2.75) is 17.7 Å². The summed E-state index contributed by atoms with van der Waals surface area (Å²) < 4.78 is 5.49. The second-order valence-electron chi connectivity index (χ2n) is 3.83. The molecule has 106 valence electrons. The Morgan fingerprint density at radius 2 is 2.35 bits per heavy atom. The van der Waals surface area contributed by atoms with E-state index >= 15 is 0 Å². The summed E-state index contributed by atoms with van der Waals surface area (Å²) in [6.07, 6.45) is -0.110. The summed E-state index contributed by atoms with van der Waals surface area (Å²) in [7, 11) is 0. The SMILES string of the molecule is Cc1cc(NC(=O)CSc2nc(CC(=O)O)cs2)no1. The van der Waals surface area contributed by atoms with Gasteiger partial charge in [0.2, 0.25) is 5.91 Å². The fourth-order valence-electron chi connectivity index (χ4n) is 1.32. The molecule has 9 heteroatoms.